The average molecular weight is 339 g/mol. The lowest BCUT2D eigenvalue weighted by Crippen LogP contribution is -2.34. The van der Waals surface area contributed by atoms with Gasteiger partial charge in [0.2, 0.25) is 0 Å². The molecule has 0 fully saturated rings. The van der Waals surface area contributed by atoms with Gasteiger partial charge in [0.05, 0.1) is 29.4 Å². The number of carbonyl (C=O) groups excluding carboxylic acids is 1. The first-order valence-corrected chi connectivity index (χ1v) is 7.27. The van der Waals surface area contributed by atoms with E-state index in [0.717, 1.165) is 12.1 Å². The topological polar surface area (TPSA) is 62.7 Å². The molecule has 0 aliphatic rings. The zero-order chi connectivity index (χ0) is 16.8. The highest BCUT2D eigenvalue weighted by Crippen LogP contribution is 2.29. The Hall–Kier alpha value is -2.18. The second-order valence-corrected chi connectivity index (χ2v) is 5.23. The van der Waals surface area contributed by atoms with Gasteiger partial charge in [0.15, 0.2) is 0 Å². The van der Waals surface area contributed by atoms with Gasteiger partial charge in [-0.05, 0) is 24.3 Å². The van der Waals surface area contributed by atoms with E-state index in [0.29, 0.717) is 12.3 Å². The fourth-order valence-corrected chi connectivity index (χ4v) is 2.25. The zero-order valence-electron chi connectivity index (χ0n) is 12.5. The summed E-state index contributed by atoms with van der Waals surface area (Å²) in [4.78, 5) is 18.2. The molecule has 1 aromatic heterocycles. The normalized spacial score (nSPS) is 10.6. The number of phenolic OH excluding ortho intramolecular Hbond substituents is 1. The first-order valence-electron chi connectivity index (χ1n) is 6.89. The molecule has 5 nitrogen and oxygen atoms in total. The highest BCUT2D eigenvalue weighted by atomic mass is 35.5. The van der Waals surface area contributed by atoms with Crippen LogP contribution in [0, 0.1) is 5.82 Å². The number of halogens is 2. The average Bonchev–Trinajstić information content (AvgIpc) is 2.55. The third-order valence-electron chi connectivity index (χ3n) is 3.19. The third kappa shape index (κ3) is 4.40. The van der Waals surface area contributed by atoms with Crippen molar-refractivity contribution in [3.05, 3.63) is 58.6 Å². The molecule has 2 aromatic rings. The van der Waals surface area contributed by atoms with Crippen LogP contribution in [0.25, 0.3) is 0 Å². The van der Waals surface area contributed by atoms with E-state index in [2.05, 4.69) is 4.98 Å². The number of pyridine rings is 1. The maximum absolute atomic E-state index is 13.5. The lowest BCUT2D eigenvalue weighted by Gasteiger charge is -2.22. The van der Waals surface area contributed by atoms with E-state index >= 15 is 0 Å². The van der Waals surface area contributed by atoms with Gasteiger partial charge in [0.25, 0.3) is 5.91 Å². The van der Waals surface area contributed by atoms with Crippen LogP contribution in [-0.4, -0.2) is 41.2 Å². The Morgan fingerprint density at radius 3 is 2.87 bits per heavy atom. The Balaban J connectivity index is 2.29. The highest BCUT2D eigenvalue weighted by molar-refractivity contribution is 6.32. The number of phenols is 1. The van der Waals surface area contributed by atoms with Crippen molar-refractivity contribution in [3.8, 4) is 5.75 Å². The minimum atomic E-state index is -0.694. The molecule has 0 radical (unpaired) electrons. The molecule has 0 unspecified atom stereocenters. The lowest BCUT2D eigenvalue weighted by molar-refractivity contribution is 0.0674. The molecule has 0 aliphatic carbocycles. The predicted octanol–water partition coefficient (Wildman–Crippen LogP) is 2.87. The standard InChI is InChI=1S/C16H16ClFN2O3/c1-23-7-6-20(10-12-4-2-3-5-19-12)16(22)13-8-11(18)9-14(17)15(13)21/h2-5,8-9,21H,6-7,10H2,1H3. The van der Waals surface area contributed by atoms with Crippen molar-refractivity contribution >= 4 is 17.5 Å². The largest absolute Gasteiger partial charge is 0.506 e. The number of aromatic nitrogens is 1. The van der Waals surface area contributed by atoms with E-state index in [4.69, 9.17) is 16.3 Å². The van der Waals surface area contributed by atoms with Gasteiger partial charge in [-0.3, -0.25) is 9.78 Å². The smallest absolute Gasteiger partial charge is 0.258 e. The summed E-state index contributed by atoms with van der Waals surface area (Å²) in [5.74, 6) is -1.69. The molecular formula is C16H16ClFN2O3. The van der Waals surface area contributed by atoms with Crippen molar-refractivity contribution in [2.45, 2.75) is 6.54 Å². The Labute approximate surface area is 138 Å². The number of rotatable bonds is 6. The SMILES string of the molecule is COCCN(Cc1ccccn1)C(=O)c1cc(F)cc(Cl)c1O. The molecule has 1 aromatic carbocycles. The number of aromatic hydroxyl groups is 1. The molecule has 2 rings (SSSR count). The lowest BCUT2D eigenvalue weighted by atomic mass is 10.1. The second-order valence-electron chi connectivity index (χ2n) is 4.82. The molecule has 1 N–H and O–H groups in total. The second kappa shape index (κ2) is 7.89. The highest BCUT2D eigenvalue weighted by Gasteiger charge is 2.22. The van der Waals surface area contributed by atoms with Gasteiger partial charge in [-0.2, -0.15) is 0 Å². The molecule has 23 heavy (non-hydrogen) atoms. The molecular weight excluding hydrogens is 323 g/mol. The molecule has 0 bridgehead atoms. The van der Waals surface area contributed by atoms with Crippen LogP contribution < -0.4 is 0 Å². The van der Waals surface area contributed by atoms with Crippen LogP contribution in [0.2, 0.25) is 5.02 Å². The van der Waals surface area contributed by atoms with Crippen LogP contribution in [0.4, 0.5) is 4.39 Å². The molecule has 0 atom stereocenters. The maximum Gasteiger partial charge on any atom is 0.258 e. The number of benzene rings is 1. The summed E-state index contributed by atoms with van der Waals surface area (Å²) in [7, 11) is 1.51. The predicted molar refractivity (Wildman–Crippen MR) is 83.9 cm³/mol. The Morgan fingerprint density at radius 1 is 1.43 bits per heavy atom. The van der Waals surface area contributed by atoms with Gasteiger partial charge in [0.1, 0.15) is 11.6 Å². The van der Waals surface area contributed by atoms with Crippen LogP contribution in [0.5, 0.6) is 5.75 Å². The van der Waals surface area contributed by atoms with E-state index in [1.807, 2.05) is 0 Å². The van der Waals surface area contributed by atoms with Crippen LogP contribution in [-0.2, 0) is 11.3 Å². The fraction of sp³-hybridized carbons (Fsp3) is 0.250. The molecule has 122 valence electrons. The summed E-state index contributed by atoms with van der Waals surface area (Å²) in [6.45, 7) is 0.762. The number of amides is 1. The molecule has 0 saturated heterocycles. The summed E-state index contributed by atoms with van der Waals surface area (Å²) in [6, 6.07) is 7.25. The van der Waals surface area contributed by atoms with E-state index in [9.17, 15) is 14.3 Å². The molecule has 7 heteroatoms. The minimum Gasteiger partial charge on any atom is -0.506 e. The van der Waals surface area contributed by atoms with Gasteiger partial charge < -0.3 is 14.7 Å². The minimum absolute atomic E-state index is 0.193. The Bertz CT molecular complexity index is 683. The number of ether oxygens (including phenoxy) is 1. The Morgan fingerprint density at radius 2 is 2.22 bits per heavy atom. The van der Waals surface area contributed by atoms with Crippen molar-refractivity contribution in [3.63, 3.8) is 0 Å². The van der Waals surface area contributed by atoms with Crippen molar-refractivity contribution in [1.29, 1.82) is 0 Å². The quantitative estimate of drug-likeness (QED) is 0.879. The van der Waals surface area contributed by atoms with Gasteiger partial charge in [-0.1, -0.05) is 17.7 Å². The van der Waals surface area contributed by atoms with E-state index in [-0.39, 0.29) is 23.7 Å². The number of carbonyl (C=O) groups is 1. The van der Waals surface area contributed by atoms with Crippen LogP contribution in [0.15, 0.2) is 36.5 Å². The van der Waals surface area contributed by atoms with Crippen LogP contribution in [0.3, 0.4) is 0 Å². The summed E-state index contributed by atoms with van der Waals surface area (Å²) < 4.78 is 18.5. The first-order chi connectivity index (χ1) is 11.0. The van der Waals surface area contributed by atoms with Crippen molar-refractivity contribution in [1.82, 2.24) is 9.88 Å². The number of hydrogen-bond acceptors (Lipinski definition) is 4. The molecule has 0 aliphatic heterocycles. The number of nitrogens with zero attached hydrogens (tertiary/aromatic N) is 2. The third-order valence-corrected chi connectivity index (χ3v) is 3.48. The van der Waals surface area contributed by atoms with E-state index < -0.39 is 17.5 Å². The summed E-state index contributed by atoms with van der Waals surface area (Å²) in [5, 5.41) is 9.73. The summed E-state index contributed by atoms with van der Waals surface area (Å²) in [6.07, 6.45) is 1.62. The van der Waals surface area contributed by atoms with Gasteiger partial charge >= 0.3 is 0 Å². The number of methoxy groups -OCH3 is 1. The molecule has 1 amide bonds. The maximum atomic E-state index is 13.5. The van der Waals surface area contributed by atoms with E-state index in [1.165, 1.54) is 12.0 Å². The molecule has 1 heterocycles. The summed E-state index contributed by atoms with van der Waals surface area (Å²) >= 11 is 5.73. The van der Waals surface area contributed by atoms with Gasteiger partial charge in [-0.25, -0.2) is 4.39 Å². The van der Waals surface area contributed by atoms with Crippen molar-refractivity contribution in [2.75, 3.05) is 20.3 Å². The first kappa shape index (κ1) is 17.2. The van der Waals surface area contributed by atoms with Crippen LogP contribution >= 0.6 is 11.6 Å². The van der Waals surface area contributed by atoms with Crippen molar-refractivity contribution in [2.24, 2.45) is 0 Å². The fourth-order valence-electron chi connectivity index (χ4n) is 2.04. The van der Waals surface area contributed by atoms with Gasteiger partial charge in [0, 0.05) is 19.9 Å². The number of hydrogen-bond donors (Lipinski definition) is 1. The van der Waals surface area contributed by atoms with Crippen LogP contribution in [0.1, 0.15) is 16.1 Å². The van der Waals surface area contributed by atoms with Gasteiger partial charge in [-0.15, -0.1) is 0 Å². The van der Waals surface area contributed by atoms with Crippen molar-refractivity contribution < 1.29 is 19.0 Å². The molecule has 0 saturated carbocycles. The molecule has 0 spiro atoms. The Kier molecular flexibility index (Phi) is 5.90. The monoisotopic (exact) mass is 338 g/mol. The summed E-state index contributed by atoms with van der Waals surface area (Å²) in [5.41, 5.74) is 0.473. The zero-order valence-corrected chi connectivity index (χ0v) is 13.3. The van der Waals surface area contributed by atoms with E-state index in [1.54, 1.807) is 24.4 Å².